The van der Waals surface area contributed by atoms with Gasteiger partial charge < -0.3 is 5.11 Å². The van der Waals surface area contributed by atoms with Crippen LogP contribution in [0.15, 0.2) is 17.5 Å². The van der Waals surface area contributed by atoms with Crippen molar-refractivity contribution in [1.82, 2.24) is 0 Å². The summed E-state index contributed by atoms with van der Waals surface area (Å²) in [5, 5.41) is 10.3. The number of carboxylic acids is 1. The van der Waals surface area contributed by atoms with Crippen LogP contribution in [0.25, 0.3) is 0 Å². The highest BCUT2D eigenvalue weighted by Gasteiger charge is 2.15. The smallest absolute Gasteiger partial charge is 0.304 e. The molecule has 0 aliphatic heterocycles. The maximum absolute atomic E-state index is 12.3. The van der Waals surface area contributed by atoms with Crippen molar-refractivity contribution in [2.75, 3.05) is 6.67 Å². The summed E-state index contributed by atoms with van der Waals surface area (Å²) in [5.41, 5.74) is 0. The van der Waals surface area contributed by atoms with E-state index in [0.29, 0.717) is 0 Å². The van der Waals surface area contributed by atoms with E-state index in [-0.39, 0.29) is 6.42 Å². The predicted molar refractivity (Wildman–Crippen MR) is 45.3 cm³/mol. The highest BCUT2D eigenvalue weighted by atomic mass is 32.1. The van der Waals surface area contributed by atoms with Crippen molar-refractivity contribution >= 4 is 17.3 Å². The van der Waals surface area contributed by atoms with Gasteiger partial charge in [-0.25, -0.2) is 0 Å². The largest absolute Gasteiger partial charge is 0.481 e. The Bertz CT molecular complexity index is 246. The van der Waals surface area contributed by atoms with Crippen LogP contribution >= 0.6 is 11.3 Å². The predicted octanol–water partition coefficient (Wildman–Crippen LogP) is 2.28. The van der Waals surface area contributed by atoms with Crippen molar-refractivity contribution < 1.29 is 14.3 Å². The SMILES string of the molecule is O=C(O)CC(CF)c1cccs1. The van der Waals surface area contributed by atoms with E-state index in [1.54, 1.807) is 12.1 Å². The number of halogens is 1. The van der Waals surface area contributed by atoms with E-state index in [0.717, 1.165) is 4.88 Å². The van der Waals surface area contributed by atoms with Crippen molar-refractivity contribution in [3.05, 3.63) is 22.4 Å². The van der Waals surface area contributed by atoms with Crippen LogP contribution in [0.4, 0.5) is 4.39 Å². The van der Waals surface area contributed by atoms with Gasteiger partial charge in [0.2, 0.25) is 0 Å². The first-order chi connectivity index (χ1) is 5.74. The average molecular weight is 188 g/mol. The summed E-state index contributed by atoms with van der Waals surface area (Å²) in [6.45, 7) is -0.604. The van der Waals surface area contributed by atoms with Crippen LogP contribution in [0, 0.1) is 0 Å². The lowest BCUT2D eigenvalue weighted by atomic mass is 10.1. The number of hydrogen-bond donors (Lipinski definition) is 1. The molecule has 0 fully saturated rings. The zero-order valence-electron chi connectivity index (χ0n) is 6.37. The Balaban J connectivity index is 2.63. The molecule has 0 spiro atoms. The third-order valence-corrected chi connectivity index (χ3v) is 2.59. The van der Waals surface area contributed by atoms with E-state index in [2.05, 4.69) is 0 Å². The van der Waals surface area contributed by atoms with E-state index in [9.17, 15) is 9.18 Å². The number of rotatable bonds is 4. The van der Waals surface area contributed by atoms with Crippen molar-refractivity contribution in [2.45, 2.75) is 12.3 Å². The van der Waals surface area contributed by atoms with Gasteiger partial charge in [0, 0.05) is 10.8 Å². The highest BCUT2D eigenvalue weighted by molar-refractivity contribution is 7.10. The molecule has 0 amide bonds. The molecule has 0 saturated carbocycles. The van der Waals surface area contributed by atoms with E-state index < -0.39 is 18.6 Å². The minimum atomic E-state index is -0.953. The molecular formula is C8H9FO2S. The Kier molecular flexibility index (Phi) is 3.22. The van der Waals surface area contributed by atoms with E-state index in [1.165, 1.54) is 11.3 Å². The summed E-state index contributed by atoms with van der Waals surface area (Å²) in [6, 6.07) is 3.56. The first-order valence-electron chi connectivity index (χ1n) is 3.55. The molecule has 0 saturated heterocycles. The number of hydrogen-bond acceptors (Lipinski definition) is 2. The molecule has 1 N–H and O–H groups in total. The van der Waals surface area contributed by atoms with Gasteiger partial charge in [-0.15, -0.1) is 11.3 Å². The Morgan fingerprint density at radius 1 is 1.75 bits per heavy atom. The summed E-state index contributed by atoms with van der Waals surface area (Å²) in [7, 11) is 0. The standard InChI is InChI=1S/C8H9FO2S/c9-5-6(4-8(10)11)7-2-1-3-12-7/h1-3,6H,4-5H2,(H,10,11). The number of alkyl halides is 1. The first kappa shape index (κ1) is 9.19. The van der Waals surface area contributed by atoms with Gasteiger partial charge in [-0.2, -0.15) is 0 Å². The van der Waals surface area contributed by atoms with Gasteiger partial charge in [-0.05, 0) is 11.4 Å². The maximum Gasteiger partial charge on any atom is 0.304 e. The van der Waals surface area contributed by atoms with Gasteiger partial charge in [0.15, 0.2) is 0 Å². The fourth-order valence-corrected chi connectivity index (χ4v) is 1.78. The van der Waals surface area contributed by atoms with Gasteiger partial charge in [0.1, 0.15) is 0 Å². The van der Waals surface area contributed by atoms with Crippen molar-refractivity contribution in [2.24, 2.45) is 0 Å². The molecule has 12 heavy (non-hydrogen) atoms. The van der Waals surface area contributed by atoms with Crippen LogP contribution in [-0.2, 0) is 4.79 Å². The number of carbonyl (C=O) groups is 1. The van der Waals surface area contributed by atoms with Gasteiger partial charge in [0.05, 0.1) is 13.1 Å². The second-order valence-electron chi connectivity index (χ2n) is 2.46. The van der Waals surface area contributed by atoms with Crippen molar-refractivity contribution in [3.8, 4) is 0 Å². The second kappa shape index (κ2) is 4.21. The second-order valence-corrected chi connectivity index (χ2v) is 3.44. The van der Waals surface area contributed by atoms with Gasteiger partial charge in [-0.3, -0.25) is 9.18 Å². The van der Waals surface area contributed by atoms with Crippen LogP contribution in [-0.4, -0.2) is 17.8 Å². The highest BCUT2D eigenvalue weighted by Crippen LogP contribution is 2.24. The van der Waals surface area contributed by atoms with Crippen LogP contribution < -0.4 is 0 Å². The van der Waals surface area contributed by atoms with E-state index >= 15 is 0 Å². The molecule has 0 aliphatic rings. The zero-order valence-corrected chi connectivity index (χ0v) is 7.18. The molecule has 1 rings (SSSR count). The summed E-state index contributed by atoms with van der Waals surface area (Å²) in [5.74, 6) is -1.42. The minimum Gasteiger partial charge on any atom is -0.481 e. The zero-order chi connectivity index (χ0) is 8.97. The molecule has 1 aromatic heterocycles. The molecule has 1 unspecified atom stereocenters. The lowest BCUT2D eigenvalue weighted by Gasteiger charge is -2.06. The van der Waals surface area contributed by atoms with Gasteiger partial charge >= 0.3 is 5.97 Å². The number of carboxylic acid groups (broad SMARTS) is 1. The van der Waals surface area contributed by atoms with Crippen molar-refractivity contribution in [3.63, 3.8) is 0 Å². The number of thiophene rings is 1. The molecule has 1 aromatic rings. The topological polar surface area (TPSA) is 37.3 Å². The van der Waals surface area contributed by atoms with E-state index in [4.69, 9.17) is 5.11 Å². The van der Waals surface area contributed by atoms with Crippen LogP contribution in [0.1, 0.15) is 17.2 Å². The van der Waals surface area contributed by atoms with Crippen molar-refractivity contribution in [1.29, 1.82) is 0 Å². The first-order valence-corrected chi connectivity index (χ1v) is 4.43. The fraction of sp³-hybridized carbons (Fsp3) is 0.375. The summed E-state index contributed by atoms with van der Waals surface area (Å²) in [6.07, 6.45) is -0.128. The third kappa shape index (κ3) is 2.30. The summed E-state index contributed by atoms with van der Waals surface area (Å²) >= 11 is 1.39. The fourth-order valence-electron chi connectivity index (χ4n) is 0.966. The molecule has 1 atom stereocenters. The Morgan fingerprint density at radius 2 is 2.50 bits per heavy atom. The lowest BCUT2D eigenvalue weighted by molar-refractivity contribution is -0.137. The molecule has 0 bridgehead atoms. The van der Waals surface area contributed by atoms with Crippen LogP contribution in [0.5, 0.6) is 0 Å². The van der Waals surface area contributed by atoms with Gasteiger partial charge in [0.25, 0.3) is 0 Å². The van der Waals surface area contributed by atoms with Crippen LogP contribution in [0.3, 0.4) is 0 Å². The summed E-state index contributed by atoms with van der Waals surface area (Å²) in [4.78, 5) is 11.1. The minimum absolute atomic E-state index is 0.128. The third-order valence-electron chi connectivity index (χ3n) is 1.55. The molecule has 1 heterocycles. The molecule has 0 radical (unpaired) electrons. The molecular weight excluding hydrogens is 179 g/mol. The van der Waals surface area contributed by atoms with Crippen LogP contribution in [0.2, 0.25) is 0 Å². The molecule has 66 valence electrons. The molecule has 2 nitrogen and oxygen atoms in total. The molecule has 4 heteroatoms. The van der Waals surface area contributed by atoms with E-state index in [1.807, 2.05) is 5.38 Å². The Labute approximate surface area is 73.7 Å². The monoisotopic (exact) mass is 188 g/mol. The maximum atomic E-state index is 12.3. The molecule has 0 aromatic carbocycles. The summed E-state index contributed by atoms with van der Waals surface area (Å²) < 4.78 is 12.3. The van der Waals surface area contributed by atoms with Gasteiger partial charge in [-0.1, -0.05) is 6.07 Å². The Morgan fingerprint density at radius 3 is 2.92 bits per heavy atom. The average Bonchev–Trinajstić information content (AvgIpc) is 2.51. The quantitative estimate of drug-likeness (QED) is 0.787. The Hall–Kier alpha value is -0.900. The molecule has 0 aliphatic carbocycles. The number of aliphatic carboxylic acids is 1. The normalized spacial score (nSPS) is 12.8. The lowest BCUT2D eigenvalue weighted by Crippen LogP contribution is -2.06.